The van der Waals surface area contributed by atoms with E-state index in [1.54, 1.807) is 42.4 Å². The summed E-state index contributed by atoms with van der Waals surface area (Å²) in [5.41, 5.74) is 2.65. The van der Waals surface area contributed by atoms with E-state index < -0.39 is 35.5 Å². The lowest BCUT2D eigenvalue weighted by atomic mass is 9.87. The Kier molecular flexibility index (Phi) is 9.86. The van der Waals surface area contributed by atoms with Crippen molar-refractivity contribution < 1.29 is 19.2 Å². The first-order valence-corrected chi connectivity index (χ1v) is 15.1. The number of hydrogen-bond donors (Lipinski definition) is 2. The predicted molar refractivity (Wildman–Crippen MR) is 169 cm³/mol. The van der Waals surface area contributed by atoms with E-state index in [1.807, 2.05) is 61.5 Å². The second kappa shape index (κ2) is 14.1. The van der Waals surface area contributed by atoms with Crippen molar-refractivity contribution in [3.05, 3.63) is 96.3 Å². The van der Waals surface area contributed by atoms with E-state index in [-0.39, 0.29) is 23.7 Å². The van der Waals surface area contributed by atoms with Crippen LogP contribution in [0.4, 0.5) is 0 Å². The first-order valence-electron chi connectivity index (χ1n) is 15.1. The number of para-hydroxylation sites is 1. The quantitative estimate of drug-likeness (QED) is 0.206. The number of rotatable bonds is 10. The van der Waals surface area contributed by atoms with E-state index in [1.165, 1.54) is 0 Å². The summed E-state index contributed by atoms with van der Waals surface area (Å²) >= 11 is 0. The fourth-order valence-electron chi connectivity index (χ4n) is 5.81. The van der Waals surface area contributed by atoms with Gasteiger partial charge in [-0.15, -0.1) is 0 Å². The molecular formula is C35H37N5O4. The largest absolute Gasteiger partial charge is 0.340 e. The normalized spacial score (nSPS) is 17.3. The van der Waals surface area contributed by atoms with Gasteiger partial charge in [0.15, 0.2) is 0 Å². The van der Waals surface area contributed by atoms with Crippen LogP contribution in [-0.2, 0) is 9.59 Å². The fourth-order valence-corrected chi connectivity index (χ4v) is 5.81. The van der Waals surface area contributed by atoms with Crippen LogP contribution in [0.1, 0.15) is 53.5 Å². The molecule has 9 nitrogen and oxygen atoms in total. The minimum absolute atomic E-state index is 0.227. The van der Waals surface area contributed by atoms with Gasteiger partial charge in [0.25, 0.3) is 5.91 Å². The fraction of sp³-hybridized carbons (Fsp3) is 0.314. The second-order valence-electron chi connectivity index (χ2n) is 11.2. The van der Waals surface area contributed by atoms with Crippen LogP contribution in [0.5, 0.6) is 0 Å². The molecule has 3 unspecified atom stereocenters. The van der Waals surface area contributed by atoms with Gasteiger partial charge < -0.3 is 15.5 Å². The molecule has 1 aliphatic rings. The van der Waals surface area contributed by atoms with E-state index >= 15 is 0 Å². The van der Waals surface area contributed by atoms with Crippen molar-refractivity contribution in [2.24, 2.45) is 5.92 Å². The number of carbonyl (C=O) groups excluding carboxylic acids is 4. The van der Waals surface area contributed by atoms with Crippen LogP contribution in [0, 0.1) is 5.92 Å². The Morgan fingerprint density at radius 2 is 1.82 bits per heavy atom. The van der Waals surface area contributed by atoms with E-state index in [0.717, 1.165) is 17.4 Å². The third-order valence-corrected chi connectivity index (χ3v) is 8.19. The minimum Gasteiger partial charge on any atom is -0.340 e. The molecule has 2 N–H and O–H groups in total. The maximum atomic E-state index is 13.9. The van der Waals surface area contributed by atoms with Crippen molar-refractivity contribution in [2.45, 2.75) is 44.7 Å². The third-order valence-electron chi connectivity index (χ3n) is 8.19. The molecule has 3 heterocycles. The standard InChI is InChI=1S/C35H37N5O4/c1-3-10-30(39-34(43)29-18-17-23-11-4-5-15-28(23)38-29)35(44)40(2)31-16-9-19-36-22-26(31)33(42)32(41)25-13-8-12-24(21-25)27-14-6-7-20-37-27/h4-8,11-15,17-18,20-21,26,30-31,36H,3,9-10,16,19,22H2,1-2H3,(H,39,43). The number of likely N-dealkylation sites (N-methyl/N-ethyl adjacent to an activating group) is 1. The molecule has 226 valence electrons. The van der Waals surface area contributed by atoms with Gasteiger partial charge in [-0.2, -0.15) is 0 Å². The summed E-state index contributed by atoms with van der Waals surface area (Å²) in [6.45, 7) is 2.90. The Morgan fingerprint density at radius 1 is 1.00 bits per heavy atom. The molecule has 1 aliphatic heterocycles. The molecule has 2 aromatic heterocycles. The molecule has 9 heteroatoms. The molecule has 0 aliphatic carbocycles. The topological polar surface area (TPSA) is 121 Å². The molecule has 2 aromatic carbocycles. The van der Waals surface area contributed by atoms with Crippen molar-refractivity contribution in [1.29, 1.82) is 0 Å². The average Bonchev–Trinajstić information content (AvgIpc) is 3.33. The lowest BCUT2D eigenvalue weighted by molar-refractivity contribution is -0.136. The van der Waals surface area contributed by atoms with Crippen LogP contribution in [0.15, 0.2) is 85.1 Å². The highest BCUT2D eigenvalue weighted by Gasteiger charge is 2.39. The lowest BCUT2D eigenvalue weighted by Crippen LogP contribution is -2.54. The number of pyridine rings is 2. The number of ketones is 2. The minimum atomic E-state index is -0.802. The average molecular weight is 592 g/mol. The molecule has 44 heavy (non-hydrogen) atoms. The number of Topliss-reactive ketones (excluding diaryl/α,β-unsaturated/α-hetero) is 2. The number of benzene rings is 2. The Hall–Kier alpha value is -4.76. The summed E-state index contributed by atoms with van der Waals surface area (Å²) in [5, 5.41) is 7.07. The summed E-state index contributed by atoms with van der Waals surface area (Å²) in [6.07, 6.45) is 4.05. The monoisotopic (exact) mass is 591 g/mol. The molecule has 3 atom stereocenters. The van der Waals surface area contributed by atoms with Crippen molar-refractivity contribution >= 4 is 34.3 Å². The van der Waals surface area contributed by atoms with Crippen LogP contribution in [0.2, 0.25) is 0 Å². The van der Waals surface area contributed by atoms with Gasteiger partial charge in [0, 0.05) is 42.3 Å². The summed E-state index contributed by atoms with van der Waals surface area (Å²) in [4.78, 5) is 64.8. The molecule has 1 saturated heterocycles. The SMILES string of the molecule is CCCC(NC(=O)c1ccc2ccccc2n1)C(=O)N(C)C1CCCNCC1C(=O)C(=O)c1cccc(-c2ccccn2)c1. The Balaban J connectivity index is 1.34. The van der Waals surface area contributed by atoms with Crippen LogP contribution >= 0.6 is 0 Å². The van der Waals surface area contributed by atoms with Crippen LogP contribution in [0.3, 0.4) is 0 Å². The van der Waals surface area contributed by atoms with Crippen molar-refractivity contribution in [3.63, 3.8) is 0 Å². The highest BCUT2D eigenvalue weighted by Crippen LogP contribution is 2.24. The van der Waals surface area contributed by atoms with Crippen molar-refractivity contribution in [3.8, 4) is 11.3 Å². The number of amides is 2. The Bertz CT molecular complexity index is 1660. The van der Waals surface area contributed by atoms with Gasteiger partial charge in [-0.1, -0.05) is 61.9 Å². The summed E-state index contributed by atoms with van der Waals surface area (Å²) in [7, 11) is 1.66. The van der Waals surface area contributed by atoms with Gasteiger partial charge in [0.05, 0.1) is 17.1 Å². The molecule has 0 saturated carbocycles. The maximum absolute atomic E-state index is 13.9. The zero-order valence-electron chi connectivity index (χ0n) is 25.0. The van der Waals surface area contributed by atoms with E-state index in [4.69, 9.17) is 0 Å². The van der Waals surface area contributed by atoms with E-state index in [0.29, 0.717) is 37.0 Å². The number of nitrogens with one attached hydrogen (secondary N) is 2. The molecule has 0 bridgehead atoms. The smallest absolute Gasteiger partial charge is 0.270 e. The lowest BCUT2D eigenvalue weighted by Gasteiger charge is -2.35. The van der Waals surface area contributed by atoms with Gasteiger partial charge in [-0.25, -0.2) is 4.98 Å². The summed E-state index contributed by atoms with van der Waals surface area (Å²) < 4.78 is 0. The van der Waals surface area contributed by atoms with Crippen molar-refractivity contribution in [2.75, 3.05) is 20.1 Å². The first kappa shape index (κ1) is 30.7. The summed E-state index contributed by atoms with van der Waals surface area (Å²) in [5.74, 6) is -2.61. The Labute approximate surface area is 257 Å². The van der Waals surface area contributed by atoms with Gasteiger partial charge in [0.1, 0.15) is 11.7 Å². The highest BCUT2D eigenvalue weighted by atomic mass is 16.2. The zero-order chi connectivity index (χ0) is 31.1. The summed E-state index contributed by atoms with van der Waals surface area (Å²) in [6, 6.07) is 22.1. The molecule has 5 rings (SSSR count). The van der Waals surface area contributed by atoms with Crippen LogP contribution in [0.25, 0.3) is 22.2 Å². The molecule has 0 spiro atoms. The molecule has 4 aromatic rings. The number of hydrogen-bond acceptors (Lipinski definition) is 7. The number of aromatic nitrogens is 2. The molecular weight excluding hydrogens is 554 g/mol. The number of nitrogens with zero attached hydrogens (tertiary/aromatic N) is 3. The molecule has 2 amide bonds. The number of fused-ring (bicyclic) bond motifs is 1. The maximum Gasteiger partial charge on any atom is 0.270 e. The van der Waals surface area contributed by atoms with Gasteiger partial charge in [-0.05, 0) is 56.1 Å². The predicted octanol–water partition coefficient (Wildman–Crippen LogP) is 4.47. The Morgan fingerprint density at radius 3 is 2.61 bits per heavy atom. The first-order chi connectivity index (χ1) is 21.4. The second-order valence-corrected chi connectivity index (χ2v) is 11.2. The van der Waals surface area contributed by atoms with Gasteiger partial charge in [0.2, 0.25) is 17.5 Å². The third kappa shape index (κ3) is 6.89. The number of carbonyl (C=O) groups is 4. The molecule has 1 fully saturated rings. The van der Waals surface area contributed by atoms with Crippen LogP contribution in [-0.4, -0.2) is 70.5 Å². The van der Waals surface area contributed by atoms with E-state index in [2.05, 4.69) is 20.6 Å². The van der Waals surface area contributed by atoms with Crippen molar-refractivity contribution in [1.82, 2.24) is 25.5 Å². The van der Waals surface area contributed by atoms with Crippen LogP contribution < -0.4 is 10.6 Å². The highest BCUT2D eigenvalue weighted by molar-refractivity contribution is 6.44. The van der Waals surface area contributed by atoms with Gasteiger partial charge in [-0.3, -0.25) is 24.2 Å². The zero-order valence-corrected chi connectivity index (χ0v) is 25.0. The van der Waals surface area contributed by atoms with E-state index in [9.17, 15) is 19.2 Å². The molecule has 0 radical (unpaired) electrons. The van der Waals surface area contributed by atoms with Gasteiger partial charge >= 0.3 is 0 Å².